The highest BCUT2D eigenvalue weighted by Crippen LogP contribution is 2.31. The van der Waals surface area contributed by atoms with Gasteiger partial charge in [0, 0.05) is 36.8 Å². The molecule has 0 saturated heterocycles. The van der Waals surface area contributed by atoms with Crippen molar-refractivity contribution in [1.29, 1.82) is 0 Å². The fraction of sp³-hybridized carbons (Fsp3) is 0.500. The molecule has 0 spiro atoms. The minimum Gasteiger partial charge on any atom is -0.347 e. The number of fused-ring (bicyclic) bond motifs is 1. The second-order valence-electron chi connectivity index (χ2n) is 6.96. The predicted octanol–water partition coefficient (Wildman–Crippen LogP) is 2.47. The second kappa shape index (κ2) is 8.50. The molecule has 9 heteroatoms. The first-order valence-corrected chi connectivity index (χ1v) is 10.1. The summed E-state index contributed by atoms with van der Waals surface area (Å²) in [5, 5.41) is 4.14. The van der Waals surface area contributed by atoms with E-state index in [0.717, 1.165) is 60.4 Å². The maximum absolute atomic E-state index is 12.7. The van der Waals surface area contributed by atoms with Crippen molar-refractivity contribution in [2.45, 2.75) is 44.7 Å². The van der Waals surface area contributed by atoms with Crippen molar-refractivity contribution in [1.82, 2.24) is 20.3 Å². The van der Waals surface area contributed by atoms with E-state index in [4.69, 9.17) is 5.73 Å². The Morgan fingerprint density at radius 1 is 1.37 bits per heavy atom. The van der Waals surface area contributed by atoms with Crippen molar-refractivity contribution in [3.8, 4) is 0 Å². The van der Waals surface area contributed by atoms with E-state index in [1.54, 1.807) is 18.1 Å². The highest BCUT2D eigenvalue weighted by Gasteiger charge is 2.26. The summed E-state index contributed by atoms with van der Waals surface area (Å²) in [5.41, 5.74) is 8.09. The van der Waals surface area contributed by atoms with E-state index < -0.39 is 0 Å². The number of carbonyl (C=O) groups excluding carboxylic acids is 1. The van der Waals surface area contributed by atoms with Crippen LogP contribution in [0.3, 0.4) is 0 Å². The van der Waals surface area contributed by atoms with Crippen LogP contribution in [0.1, 0.15) is 31.2 Å². The molecule has 1 saturated carbocycles. The summed E-state index contributed by atoms with van der Waals surface area (Å²) in [7, 11) is 0. The molecule has 4 N–H and O–H groups in total. The normalized spacial score (nSPS) is 22.9. The standard InChI is InChI=1S/C18H24N6OS.ClH/c1-11-8-20-16-15(11)17(22-10-21-16)24-6-7-26-14(9-24)18(25)23-13-5-3-2-4-12(13)19;/h8-10,12-13H,2-7,19H2,1H3,(H,23,25)(H,20,21,22);1H/t12-,13+;/m1./s1. The van der Waals surface area contributed by atoms with Gasteiger partial charge in [-0.2, -0.15) is 0 Å². The van der Waals surface area contributed by atoms with E-state index in [1.807, 2.05) is 19.3 Å². The van der Waals surface area contributed by atoms with Gasteiger partial charge in [0.1, 0.15) is 17.8 Å². The number of nitrogens with one attached hydrogen (secondary N) is 2. The number of anilines is 1. The van der Waals surface area contributed by atoms with Crippen molar-refractivity contribution in [2.24, 2.45) is 5.73 Å². The van der Waals surface area contributed by atoms with Crippen molar-refractivity contribution in [3.05, 3.63) is 29.2 Å². The van der Waals surface area contributed by atoms with Crippen LogP contribution in [0.15, 0.2) is 23.6 Å². The number of aryl methyl sites for hydroxylation is 1. The number of rotatable bonds is 3. The fourth-order valence-electron chi connectivity index (χ4n) is 3.68. The monoisotopic (exact) mass is 408 g/mol. The van der Waals surface area contributed by atoms with Crippen LogP contribution in [0.4, 0.5) is 5.82 Å². The molecule has 2 atom stereocenters. The number of thioether (sulfide) groups is 1. The van der Waals surface area contributed by atoms with E-state index in [-0.39, 0.29) is 30.4 Å². The molecule has 7 nitrogen and oxygen atoms in total. The van der Waals surface area contributed by atoms with Gasteiger partial charge in [-0.05, 0) is 25.3 Å². The Labute approximate surface area is 169 Å². The number of hydrogen-bond acceptors (Lipinski definition) is 6. The molecule has 1 fully saturated rings. The van der Waals surface area contributed by atoms with Crippen LogP contribution >= 0.6 is 24.2 Å². The summed E-state index contributed by atoms with van der Waals surface area (Å²) >= 11 is 1.59. The van der Waals surface area contributed by atoms with Gasteiger partial charge >= 0.3 is 0 Å². The zero-order chi connectivity index (χ0) is 18.1. The Morgan fingerprint density at radius 3 is 3.00 bits per heavy atom. The third kappa shape index (κ3) is 4.07. The van der Waals surface area contributed by atoms with Gasteiger partial charge in [0.2, 0.25) is 0 Å². The molecule has 3 heterocycles. The quantitative estimate of drug-likeness (QED) is 0.721. The smallest absolute Gasteiger partial charge is 0.259 e. The van der Waals surface area contributed by atoms with E-state index >= 15 is 0 Å². The number of nitrogens with two attached hydrogens (primary N) is 1. The van der Waals surface area contributed by atoms with Crippen molar-refractivity contribution in [2.75, 3.05) is 17.2 Å². The summed E-state index contributed by atoms with van der Waals surface area (Å²) in [6.07, 6.45) is 9.62. The number of aromatic amines is 1. The molecule has 0 aromatic carbocycles. The molecule has 0 unspecified atom stereocenters. The molecule has 146 valence electrons. The summed E-state index contributed by atoms with van der Waals surface area (Å²) in [5.74, 6) is 1.65. The third-order valence-corrected chi connectivity index (χ3v) is 6.13. The molecule has 2 aliphatic rings. The molecule has 4 rings (SSSR count). The predicted molar refractivity (Wildman–Crippen MR) is 112 cm³/mol. The number of nitrogens with zero attached hydrogens (tertiary/aromatic N) is 3. The first-order chi connectivity index (χ1) is 12.6. The number of halogens is 1. The lowest BCUT2D eigenvalue weighted by Crippen LogP contribution is -2.49. The maximum atomic E-state index is 12.7. The molecule has 1 aliphatic heterocycles. The maximum Gasteiger partial charge on any atom is 0.259 e. The van der Waals surface area contributed by atoms with E-state index in [9.17, 15) is 4.79 Å². The number of hydrogen-bond donors (Lipinski definition) is 3. The zero-order valence-corrected chi connectivity index (χ0v) is 16.9. The molecular formula is C18H25ClN6OS. The SMILES string of the molecule is Cc1c[nH]c2ncnc(N3C=C(C(=O)N[C@H]4CCCC[C@H]4N)SCC3)c12.Cl. The summed E-state index contributed by atoms with van der Waals surface area (Å²) < 4.78 is 0. The molecule has 2 aromatic rings. The summed E-state index contributed by atoms with van der Waals surface area (Å²) in [4.78, 5) is 27.4. The summed E-state index contributed by atoms with van der Waals surface area (Å²) in [6, 6.07) is 0.132. The van der Waals surface area contributed by atoms with Crippen LogP contribution < -0.4 is 16.0 Å². The van der Waals surface area contributed by atoms with Gasteiger partial charge in [0.25, 0.3) is 5.91 Å². The minimum atomic E-state index is -0.0295. The van der Waals surface area contributed by atoms with Gasteiger partial charge < -0.3 is 20.9 Å². The van der Waals surface area contributed by atoms with Crippen LogP contribution in [0, 0.1) is 6.92 Å². The molecular weight excluding hydrogens is 384 g/mol. The first kappa shape index (κ1) is 20.0. The van der Waals surface area contributed by atoms with Gasteiger partial charge in [-0.25, -0.2) is 9.97 Å². The van der Waals surface area contributed by atoms with E-state index in [1.165, 1.54) is 0 Å². The van der Waals surface area contributed by atoms with Crippen LogP contribution in [0.25, 0.3) is 11.0 Å². The lowest BCUT2D eigenvalue weighted by atomic mass is 9.91. The van der Waals surface area contributed by atoms with Crippen molar-refractivity contribution < 1.29 is 4.79 Å². The molecule has 1 amide bonds. The topological polar surface area (TPSA) is 99.9 Å². The minimum absolute atomic E-state index is 0. The largest absolute Gasteiger partial charge is 0.347 e. The van der Waals surface area contributed by atoms with Crippen LogP contribution in [0.2, 0.25) is 0 Å². The van der Waals surface area contributed by atoms with E-state index in [0.29, 0.717) is 4.91 Å². The molecule has 2 aromatic heterocycles. The van der Waals surface area contributed by atoms with Gasteiger partial charge in [-0.1, -0.05) is 12.8 Å². The average Bonchev–Trinajstić information content (AvgIpc) is 3.05. The van der Waals surface area contributed by atoms with Crippen molar-refractivity contribution >= 4 is 46.9 Å². The Kier molecular flexibility index (Phi) is 6.29. The van der Waals surface area contributed by atoms with Gasteiger partial charge in [-0.3, -0.25) is 4.79 Å². The Bertz CT molecular complexity index is 853. The molecule has 0 radical (unpaired) electrons. The lowest BCUT2D eigenvalue weighted by molar-refractivity contribution is -0.117. The number of amides is 1. The summed E-state index contributed by atoms with van der Waals surface area (Å²) in [6.45, 7) is 2.84. The number of H-pyrrole nitrogens is 1. The van der Waals surface area contributed by atoms with Gasteiger partial charge in [-0.15, -0.1) is 24.2 Å². The van der Waals surface area contributed by atoms with Gasteiger partial charge in [0.15, 0.2) is 0 Å². The van der Waals surface area contributed by atoms with Crippen LogP contribution in [0.5, 0.6) is 0 Å². The molecule has 27 heavy (non-hydrogen) atoms. The number of carbonyl (C=O) groups is 1. The fourth-order valence-corrected chi connectivity index (χ4v) is 4.58. The van der Waals surface area contributed by atoms with Crippen molar-refractivity contribution in [3.63, 3.8) is 0 Å². The highest BCUT2D eigenvalue weighted by molar-refractivity contribution is 8.04. The third-order valence-electron chi connectivity index (χ3n) is 5.14. The molecule has 0 bridgehead atoms. The van der Waals surface area contributed by atoms with Crippen LogP contribution in [-0.4, -0.2) is 45.2 Å². The lowest BCUT2D eigenvalue weighted by Gasteiger charge is -2.31. The van der Waals surface area contributed by atoms with Crippen LogP contribution in [-0.2, 0) is 4.79 Å². The average molecular weight is 409 g/mol. The Morgan fingerprint density at radius 2 is 2.19 bits per heavy atom. The van der Waals surface area contributed by atoms with Gasteiger partial charge in [0.05, 0.1) is 10.3 Å². The van der Waals surface area contributed by atoms with E-state index in [2.05, 4.69) is 25.2 Å². The Hall–Kier alpha value is -1.77. The first-order valence-electron chi connectivity index (χ1n) is 9.10. The zero-order valence-electron chi connectivity index (χ0n) is 15.3. The highest BCUT2D eigenvalue weighted by atomic mass is 35.5. The molecule has 1 aliphatic carbocycles. The Balaban J connectivity index is 0.00000210. The second-order valence-corrected chi connectivity index (χ2v) is 8.09. The number of aromatic nitrogens is 3.